The third-order valence-electron chi connectivity index (χ3n) is 15.1. The lowest BCUT2D eigenvalue weighted by Gasteiger charge is -2.18. The van der Waals surface area contributed by atoms with Gasteiger partial charge in [0, 0.05) is 19.3 Å². The predicted octanol–water partition coefficient (Wildman–Crippen LogP) is 21.2. The lowest BCUT2D eigenvalue weighted by atomic mass is 9.99. The van der Waals surface area contributed by atoms with Gasteiger partial charge in [-0.05, 0) is 31.1 Å². The van der Waals surface area contributed by atoms with Crippen molar-refractivity contribution in [3.05, 3.63) is 0 Å². The Morgan fingerprint density at radius 1 is 0.300 bits per heavy atom. The van der Waals surface area contributed by atoms with Crippen LogP contribution in [0.25, 0.3) is 0 Å². The topological polar surface area (TPSA) is 78.9 Å². The Balaban J connectivity index is 4.25. The molecular formula is C64H124O6. The molecule has 0 radical (unpaired) electrons. The van der Waals surface area contributed by atoms with E-state index in [4.69, 9.17) is 14.2 Å². The molecule has 0 N–H and O–H groups in total. The zero-order valence-electron chi connectivity index (χ0n) is 48.2. The molecular weight excluding hydrogens is 865 g/mol. The van der Waals surface area contributed by atoms with Crippen molar-refractivity contribution in [2.75, 3.05) is 13.2 Å². The van der Waals surface area contributed by atoms with Gasteiger partial charge in [-0.1, -0.05) is 324 Å². The van der Waals surface area contributed by atoms with E-state index in [2.05, 4.69) is 34.6 Å². The van der Waals surface area contributed by atoms with Gasteiger partial charge in [-0.15, -0.1) is 0 Å². The summed E-state index contributed by atoms with van der Waals surface area (Å²) in [6.45, 7) is 11.5. The molecule has 6 heteroatoms. The summed E-state index contributed by atoms with van der Waals surface area (Å²) in [6.07, 6.45) is 62.4. The smallest absolute Gasteiger partial charge is 0.306 e. The molecule has 0 rings (SSSR count). The van der Waals surface area contributed by atoms with Crippen molar-refractivity contribution in [2.24, 2.45) is 11.8 Å². The molecule has 0 aliphatic carbocycles. The summed E-state index contributed by atoms with van der Waals surface area (Å²) in [5.74, 6) is 0.904. The summed E-state index contributed by atoms with van der Waals surface area (Å²) < 4.78 is 16.9. The average molecular weight is 990 g/mol. The Morgan fingerprint density at radius 2 is 0.543 bits per heavy atom. The van der Waals surface area contributed by atoms with E-state index in [0.29, 0.717) is 19.3 Å². The molecule has 0 bridgehead atoms. The minimum Gasteiger partial charge on any atom is -0.462 e. The number of rotatable bonds is 58. The zero-order valence-corrected chi connectivity index (χ0v) is 48.2. The van der Waals surface area contributed by atoms with Crippen LogP contribution in [-0.4, -0.2) is 37.2 Å². The largest absolute Gasteiger partial charge is 0.462 e. The molecule has 0 aliphatic rings. The molecule has 0 aromatic rings. The molecule has 0 saturated carbocycles. The fraction of sp³-hybridized carbons (Fsp3) is 0.953. The van der Waals surface area contributed by atoms with Crippen molar-refractivity contribution in [1.82, 2.24) is 0 Å². The van der Waals surface area contributed by atoms with E-state index < -0.39 is 6.10 Å². The van der Waals surface area contributed by atoms with Crippen molar-refractivity contribution in [3.63, 3.8) is 0 Å². The molecule has 70 heavy (non-hydrogen) atoms. The van der Waals surface area contributed by atoms with Crippen molar-refractivity contribution < 1.29 is 28.6 Å². The first kappa shape index (κ1) is 68.4. The van der Waals surface area contributed by atoms with Gasteiger partial charge in [0.1, 0.15) is 13.2 Å². The molecule has 1 unspecified atom stereocenters. The molecule has 0 amide bonds. The Labute approximate surface area is 438 Å². The predicted molar refractivity (Wildman–Crippen MR) is 303 cm³/mol. The number of hydrogen-bond acceptors (Lipinski definition) is 6. The molecule has 0 fully saturated rings. The van der Waals surface area contributed by atoms with Gasteiger partial charge in [0.15, 0.2) is 6.10 Å². The summed E-state index contributed by atoms with van der Waals surface area (Å²) in [6, 6.07) is 0. The van der Waals surface area contributed by atoms with Crippen LogP contribution in [0.3, 0.4) is 0 Å². The molecule has 0 aromatic carbocycles. The van der Waals surface area contributed by atoms with Gasteiger partial charge in [-0.25, -0.2) is 0 Å². The molecule has 0 aromatic heterocycles. The van der Waals surface area contributed by atoms with Gasteiger partial charge in [-0.2, -0.15) is 0 Å². The van der Waals surface area contributed by atoms with E-state index in [0.717, 1.165) is 69.6 Å². The molecule has 0 saturated heterocycles. The Hall–Kier alpha value is -1.59. The highest BCUT2D eigenvalue weighted by atomic mass is 16.6. The molecule has 0 spiro atoms. The Morgan fingerprint density at radius 3 is 0.814 bits per heavy atom. The normalized spacial score (nSPS) is 12.4. The highest BCUT2D eigenvalue weighted by molar-refractivity contribution is 5.71. The van der Waals surface area contributed by atoms with E-state index >= 15 is 0 Å². The Bertz CT molecular complexity index is 1070. The van der Waals surface area contributed by atoms with E-state index in [1.54, 1.807) is 0 Å². The second-order valence-corrected chi connectivity index (χ2v) is 22.8. The summed E-state index contributed by atoms with van der Waals surface area (Å²) in [5, 5.41) is 0. The monoisotopic (exact) mass is 989 g/mol. The highest BCUT2D eigenvalue weighted by Gasteiger charge is 2.19. The maximum absolute atomic E-state index is 12.9. The number of carbonyl (C=O) groups is 3. The Kier molecular flexibility index (Phi) is 55.4. The van der Waals surface area contributed by atoms with Crippen LogP contribution in [0, 0.1) is 11.8 Å². The van der Waals surface area contributed by atoms with E-state index in [-0.39, 0.29) is 31.1 Å². The van der Waals surface area contributed by atoms with Gasteiger partial charge in [0.05, 0.1) is 0 Å². The molecule has 0 aliphatic heterocycles. The lowest BCUT2D eigenvalue weighted by Crippen LogP contribution is -2.30. The van der Waals surface area contributed by atoms with Crippen LogP contribution < -0.4 is 0 Å². The quantitative estimate of drug-likeness (QED) is 0.0343. The average Bonchev–Trinajstić information content (AvgIpc) is 3.35. The molecule has 0 heterocycles. The SMILES string of the molecule is CCCCCCCCCCCCCCCCCCC(=O)O[C@@H](COC(=O)CCCCCCCCCCCCCCCCCCCCC(C)CC)COC(=O)CCCCCCCCCCCCCC(C)C. The second kappa shape index (κ2) is 56.7. The molecule has 2 atom stereocenters. The summed E-state index contributed by atoms with van der Waals surface area (Å²) >= 11 is 0. The third kappa shape index (κ3) is 55.7. The third-order valence-corrected chi connectivity index (χ3v) is 15.1. The van der Waals surface area contributed by atoms with Crippen LogP contribution in [0.2, 0.25) is 0 Å². The van der Waals surface area contributed by atoms with Gasteiger partial charge >= 0.3 is 17.9 Å². The minimum atomic E-state index is -0.763. The lowest BCUT2D eigenvalue weighted by molar-refractivity contribution is -0.167. The van der Waals surface area contributed by atoms with Crippen molar-refractivity contribution in [1.29, 1.82) is 0 Å². The van der Waals surface area contributed by atoms with Crippen LogP contribution in [0.5, 0.6) is 0 Å². The van der Waals surface area contributed by atoms with Gasteiger partial charge in [0.2, 0.25) is 0 Å². The summed E-state index contributed by atoms with van der Waals surface area (Å²) in [5.41, 5.74) is 0. The van der Waals surface area contributed by atoms with Crippen LogP contribution in [0.15, 0.2) is 0 Å². The van der Waals surface area contributed by atoms with Crippen LogP contribution in [0.4, 0.5) is 0 Å². The van der Waals surface area contributed by atoms with E-state index in [1.165, 1.54) is 250 Å². The number of carbonyl (C=O) groups excluding carboxylic acids is 3. The second-order valence-electron chi connectivity index (χ2n) is 22.8. The number of unbranched alkanes of at least 4 members (excludes halogenated alkanes) is 42. The van der Waals surface area contributed by atoms with Gasteiger partial charge in [0.25, 0.3) is 0 Å². The van der Waals surface area contributed by atoms with E-state index in [9.17, 15) is 14.4 Å². The number of hydrogen-bond donors (Lipinski definition) is 0. The van der Waals surface area contributed by atoms with Crippen molar-refractivity contribution in [2.45, 2.75) is 368 Å². The van der Waals surface area contributed by atoms with Crippen molar-refractivity contribution >= 4 is 17.9 Å². The van der Waals surface area contributed by atoms with Crippen molar-refractivity contribution in [3.8, 4) is 0 Å². The fourth-order valence-electron chi connectivity index (χ4n) is 9.90. The fourth-order valence-corrected chi connectivity index (χ4v) is 9.90. The first-order valence-corrected chi connectivity index (χ1v) is 31.8. The molecule has 6 nitrogen and oxygen atoms in total. The van der Waals surface area contributed by atoms with Crippen LogP contribution >= 0.6 is 0 Å². The van der Waals surface area contributed by atoms with Crippen LogP contribution in [0.1, 0.15) is 362 Å². The zero-order chi connectivity index (χ0) is 51.1. The number of ether oxygens (including phenoxy) is 3. The van der Waals surface area contributed by atoms with Crippen LogP contribution in [-0.2, 0) is 28.6 Å². The maximum Gasteiger partial charge on any atom is 0.306 e. The van der Waals surface area contributed by atoms with Gasteiger partial charge in [-0.3, -0.25) is 14.4 Å². The standard InChI is InChI=1S/C64H124O6/c1-6-8-9-10-11-12-13-14-15-21-25-30-36-41-46-51-56-64(67)70-61(58-69-63(66)55-50-45-40-35-31-26-27-32-37-42-47-52-59(3)4)57-68-62(65)54-49-44-39-34-29-24-22-19-17-16-18-20-23-28-33-38-43-48-53-60(5)7-2/h59-61H,6-58H2,1-5H3/t60?,61-/m0/s1. The highest BCUT2D eigenvalue weighted by Crippen LogP contribution is 2.19. The molecule has 416 valence electrons. The minimum absolute atomic E-state index is 0.0620. The summed E-state index contributed by atoms with van der Waals surface area (Å²) in [7, 11) is 0. The van der Waals surface area contributed by atoms with Gasteiger partial charge < -0.3 is 14.2 Å². The first-order valence-electron chi connectivity index (χ1n) is 31.8. The number of esters is 3. The maximum atomic E-state index is 12.9. The van der Waals surface area contributed by atoms with E-state index in [1.807, 2.05) is 0 Å². The first-order chi connectivity index (χ1) is 34.3. The summed E-state index contributed by atoms with van der Waals surface area (Å²) in [4.78, 5) is 38.3.